The first-order chi connectivity index (χ1) is 9.78. The molecule has 20 heavy (non-hydrogen) atoms. The van der Waals surface area contributed by atoms with E-state index in [-0.39, 0.29) is 12.5 Å². The molecule has 0 unspecified atom stereocenters. The highest BCUT2D eigenvalue weighted by Crippen LogP contribution is 2.14. The lowest BCUT2D eigenvalue weighted by Crippen LogP contribution is -2.41. The molecular weight excluding hydrogens is 254 g/mol. The second-order valence-corrected chi connectivity index (χ2v) is 5.51. The van der Waals surface area contributed by atoms with Gasteiger partial charge in [0.2, 0.25) is 5.91 Å². The molecular formula is C15H25N3O2. The van der Waals surface area contributed by atoms with Crippen LogP contribution in [0.25, 0.3) is 0 Å². The number of likely N-dealkylation sites (tertiary alicyclic amines) is 1. The lowest BCUT2D eigenvalue weighted by Gasteiger charge is -2.31. The summed E-state index contributed by atoms with van der Waals surface area (Å²) in [5.41, 5.74) is 0. The van der Waals surface area contributed by atoms with Crippen LogP contribution >= 0.6 is 0 Å². The van der Waals surface area contributed by atoms with Crippen molar-refractivity contribution in [1.29, 1.82) is 0 Å². The first-order valence-electron chi connectivity index (χ1n) is 7.48. The van der Waals surface area contributed by atoms with E-state index in [2.05, 4.69) is 10.2 Å². The second-order valence-electron chi connectivity index (χ2n) is 5.51. The second kappa shape index (κ2) is 8.07. The Morgan fingerprint density at radius 2 is 2.10 bits per heavy atom. The summed E-state index contributed by atoms with van der Waals surface area (Å²) in [5.74, 6) is 0.516. The molecule has 0 spiro atoms. The fourth-order valence-electron chi connectivity index (χ4n) is 2.70. The van der Waals surface area contributed by atoms with Crippen molar-refractivity contribution in [3.63, 3.8) is 0 Å². The van der Waals surface area contributed by atoms with Crippen molar-refractivity contribution in [3.05, 3.63) is 24.5 Å². The van der Waals surface area contributed by atoms with Crippen molar-refractivity contribution in [2.75, 3.05) is 32.8 Å². The summed E-state index contributed by atoms with van der Waals surface area (Å²) < 4.78 is 2.01. The molecule has 5 heteroatoms. The highest BCUT2D eigenvalue weighted by atomic mass is 16.3. The van der Waals surface area contributed by atoms with Gasteiger partial charge in [0.05, 0.1) is 0 Å². The molecule has 0 saturated carbocycles. The van der Waals surface area contributed by atoms with Gasteiger partial charge in [-0.05, 0) is 37.4 Å². The van der Waals surface area contributed by atoms with Gasteiger partial charge in [-0.3, -0.25) is 4.79 Å². The maximum Gasteiger partial charge on any atom is 0.221 e. The Morgan fingerprint density at radius 3 is 2.85 bits per heavy atom. The molecule has 0 aromatic carbocycles. The van der Waals surface area contributed by atoms with Crippen molar-refractivity contribution in [2.24, 2.45) is 5.92 Å². The number of aliphatic hydroxyl groups excluding tert-OH is 1. The highest BCUT2D eigenvalue weighted by Gasteiger charge is 2.18. The third-order valence-corrected chi connectivity index (χ3v) is 3.87. The summed E-state index contributed by atoms with van der Waals surface area (Å²) in [5, 5.41) is 12.2. The number of aryl methyl sites for hydroxylation is 1. The molecule has 1 aliphatic rings. The van der Waals surface area contributed by atoms with Crippen LogP contribution in [0.15, 0.2) is 24.5 Å². The van der Waals surface area contributed by atoms with Gasteiger partial charge in [0, 0.05) is 51.6 Å². The summed E-state index contributed by atoms with van der Waals surface area (Å²) in [6, 6.07) is 3.93. The number of carbonyl (C=O) groups is 1. The topological polar surface area (TPSA) is 57.5 Å². The molecule has 1 amide bonds. The van der Waals surface area contributed by atoms with E-state index in [0.29, 0.717) is 18.9 Å². The van der Waals surface area contributed by atoms with Crippen LogP contribution in [0.1, 0.15) is 19.3 Å². The normalized spacial score (nSPS) is 19.9. The zero-order valence-electron chi connectivity index (χ0n) is 12.0. The fourth-order valence-corrected chi connectivity index (χ4v) is 2.70. The van der Waals surface area contributed by atoms with Crippen LogP contribution in [0.2, 0.25) is 0 Å². The largest absolute Gasteiger partial charge is 0.396 e. The number of rotatable bonds is 7. The Bertz CT molecular complexity index is 392. The van der Waals surface area contributed by atoms with Gasteiger partial charge in [0.25, 0.3) is 0 Å². The summed E-state index contributed by atoms with van der Waals surface area (Å²) in [6.07, 6.45) is 6.73. The summed E-state index contributed by atoms with van der Waals surface area (Å²) in [6.45, 7) is 4.62. The third-order valence-electron chi connectivity index (χ3n) is 3.87. The average Bonchev–Trinajstić information content (AvgIpc) is 2.99. The molecule has 1 atom stereocenters. The lowest BCUT2D eigenvalue weighted by atomic mass is 9.99. The van der Waals surface area contributed by atoms with E-state index < -0.39 is 0 Å². The standard InChI is InChI=1S/C15H25N3O2/c19-13-14-4-3-9-18(12-14)11-6-16-15(20)5-10-17-7-1-2-8-17/h1-2,7-8,14,19H,3-6,9-13H2,(H,16,20)/t14-/m1/s1. The SMILES string of the molecule is O=C(CCn1cccc1)NCCN1CCC[C@@H](CO)C1. The number of amides is 1. The molecule has 1 aromatic rings. The van der Waals surface area contributed by atoms with E-state index >= 15 is 0 Å². The van der Waals surface area contributed by atoms with Gasteiger partial charge in [0.15, 0.2) is 0 Å². The number of nitrogens with one attached hydrogen (secondary N) is 1. The highest BCUT2D eigenvalue weighted by molar-refractivity contribution is 5.75. The van der Waals surface area contributed by atoms with E-state index in [1.165, 1.54) is 0 Å². The van der Waals surface area contributed by atoms with Crippen LogP contribution in [-0.2, 0) is 11.3 Å². The molecule has 2 rings (SSSR count). The quantitative estimate of drug-likeness (QED) is 0.772. The monoisotopic (exact) mass is 279 g/mol. The molecule has 1 saturated heterocycles. The Morgan fingerprint density at radius 1 is 1.30 bits per heavy atom. The van der Waals surface area contributed by atoms with Crippen molar-refractivity contribution in [3.8, 4) is 0 Å². The van der Waals surface area contributed by atoms with Crippen LogP contribution < -0.4 is 5.32 Å². The molecule has 1 aliphatic heterocycles. The Hall–Kier alpha value is -1.33. The van der Waals surface area contributed by atoms with Gasteiger partial charge in [-0.25, -0.2) is 0 Å². The first kappa shape index (κ1) is 15.1. The molecule has 0 radical (unpaired) electrons. The van der Waals surface area contributed by atoms with Crippen molar-refractivity contribution in [1.82, 2.24) is 14.8 Å². The van der Waals surface area contributed by atoms with Gasteiger partial charge >= 0.3 is 0 Å². The maximum atomic E-state index is 11.7. The number of piperidine rings is 1. The molecule has 0 bridgehead atoms. The molecule has 0 aliphatic carbocycles. The molecule has 112 valence electrons. The third kappa shape index (κ3) is 4.98. The minimum Gasteiger partial charge on any atom is -0.396 e. The van der Waals surface area contributed by atoms with Crippen LogP contribution in [0.3, 0.4) is 0 Å². The van der Waals surface area contributed by atoms with Gasteiger partial charge in [-0.2, -0.15) is 0 Å². The lowest BCUT2D eigenvalue weighted by molar-refractivity contribution is -0.121. The molecule has 2 N–H and O–H groups in total. The van der Waals surface area contributed by atoms with Crippen molar-refractivity contribution >= 4 is 5.91 Å². The van der Waals surface area contributed by atoms with E-state index in [1.54, 1.807) is 0 Å². The fraction of sp³-hybridized carbons (Fsp3) is 0.667. The Labute approximate surface area is 120 Å². The summed E-state index contributed by atoms with van der Waals surface area (Å²) in [7, 11) is 0. The summed E-state index contributed by atoms with van der Waals surface area (Å²) in [4.78, 5) is 14.0. The number of aromatic nitrogens is 1. The molecule has 1 fully saturated rings. The summed E-state index contributed by atoms with van der Waals surface area (Å²) >= 11 is 0. The predicted molar refractivity (Wildman–Crippen MR) is 78.3 cm³/mol. The number of carbonyl (C=O) groups excluding carboxylic acids is 1. The number of aliphatic hydroxyl groups is 1. The van der Waals surface area contributed by atoms with Gasteiger partial charge in [0.1, 0.15) is 0 Å². The van der Waals surface area contributed by atoms with E-state index in [1.807, 2.05) is 29.1 Å². The van der Waals surface area contributed by atoms with Crippen molar-refractivity contribution in [2.45, 2.75) is 25.8 Å². The minimum absolute atomic E-state index is 0.106. The smallest absolute Gasteiger partial charge is 0.221 e. The molecule has 1 aromatic heterocycles. The van der Waals surface area contributed by atoms with E-state index in [0.717, 1.165) is 39.0 Å². The zero-order chi connectivity index (χ0) is 14.2. The van der Waals surface area contributed by atoms with Gasteiger partial charge < -0.3 is 19.9 Å². The zero-order valence-corrected chi connectivity index (χ0v) is 12.0. The van der Waals surface area contributed by atoms with Crippen LogP contribution in [0.5, 0.6) is 0 Å². The average molecular weight is 279 g/mol. The predicted octanol–water partition coefficient (Wildman–Crippen LogP) is 0.699. The van der Waals surface area contributed by atoms with Crippen LogP contribution in [0.4, 0.5) is 0 Å². The molecule has 2 heterocycles. The Balaban J connectivity index is 1.57. The Kier molecular flexibility index (Phi) is 6.08. The van der Waals surface area contributed by atoms with Gasteiger partial charge in [-0.15, -0.1) is 0 Å². The van der Waals surface area contributed by atoms with E-state index in [4.69, 9.17) is 0 Å². The van der Waals surface area contributed by atoms with Gasteiger partial charge in [-0.1, -0.05) is 0 Å². The van der Waals surface area contributed by atoms with Crippen LogP contribution in [0, 0.1) is 5.92 Å². The van der Waals surface area contributed by atoms with Crippen molar-refractivity contribution < 1.29 is 9.90 Å². The van der Waals surface area contributed by atoms with Crippen LogP contribution in [-0.4, -0.2) is 53.3 Å². The van der Waals surface area contributed by atoms with E-state index in [9.17, 15) is 9.90 Å². The first-order valence-corrected chi connectivity index (χ1v) is 7.48. The minimum atomic E-state index is 0.106. The number of nitrogens with zero attached hydrogens (tertiary/aromatic N) is 2. The maximum absolute atomic E-state index is 11.7. The number of hydrogen-bond acceptors (Lipinski definition) is 3. The molecule has 5 nitrogen and oxygen atoms in total. The number of hydrogen-bond donors (Lipinski definition) is 2.